The van der Waals surface area contributed by atoms with Crippen molar-refractivity contribution in [3.63, 3.8) is 0 Å². The average molecular weight is 331 g/mol. The van der Waals surface area contributed by atoms with Crippen LogP contribution in [0, 0.1) is 0 Å². The smallest absolute Gasteiger partial charge is 0.133 e. The van der Waals surface area contributed by atoms with E-state index in [9.17, 15) is 0 Å². The molecule has 0 saturated carbocycles. The maximum Gasteiger partial charge on any atom is 0.133 e. The van der Waals surface area contributed by atoms with E-state index < -0.39 is 0 Å². The van der Waals surface area contributed by atoms with Gasteiger partial charge in [-0.25, -0.2) is 0 Å². The minimum Gasteiger partial charge on any atom is -0.496 e. The van der Waals surface area contributed by atoms with Crippen molar-refractivity contribution < 1.29 is 4.74 Å². The molecule has 0 aliphatic carbocycles. The first kappa shape index (κ1) is 13.1. The van der Waals surface area contributed by atoms with E-state index in [-0.39, 0.29) is 0 Å². The number of fused-ring (bicyclic) bond motifs is 1. The summed E-state index contributed by atoms with van der Waals surface area (Å²) in [6, 6.07) is 14.5. The molecule has 0 fully saturated rings. The zero-order valence-electron chi connectivity index (χ0n) is 11.1. The monoisotopic (exact) mass is 330 g/mol. The molecule has 1 heterocycles. The number of ether oxygens (including phenoxy) is 1. The van der Waals surface area contributed by atoms with Crippen molar-refractivity contribution in [2.45, 2.75) is 6.54 Å². The molecule has 0 bridgehead atoms. The Hall–Kier alpha value is -1.94. The molecule has 102 valence electrons. The lowest BCUT2D eigenvalue weighted by Crippen LogP contribution is -1.99. The lowest BCUT2D eigenvalue weighted by atomic mass is 10.2. The fourth-order valence-corrected chi connectivity index (χ4v) is 2.78. The second-order valence-corrected chi connectivity index (χ2v) is 5.46. The van der Waals surface area contributed by atoms with Crippen molar-refractivity contribution in [2.24, 2.45) is 0 Å². The lowest BCUT2D eigenvalue weighted by molar-refractivity contribution is 0.412. The Balaban J connectivity index is 1.73. The van der Waals surface area contributed by atoms with Crippen LogP contribution in [0.2, 0.25) is 0 Å². The van der Waals surface area contributed by atoms with E-state index in [1.807, 2.05) is 12.3 Å². The van der Waals surface area contributed by atoms with E-state index in [4.69, 9.17) is 4.74 Å². The summed E-state index contributed by atoms with van der Waals surface area (Å²) in [4.78, 5) is 3.19. The fourth-order valence-electron chi connectivity index (χ4n) is 2.19. The molecule has 20 heavy (non-hydrogen) atoms. The first-order valence-electron chi connectivity index (χ1n) is 6.40. The summed E-state index contributed by atoms with van der Waals surface area (Å²) < 4.78 is 6.20. The van der Waals surface area contributed by atoms with Crippen LogP contribution in [0.5, 0.6) is 5.75 Å². The number of hydrogen-bond donors (Lipinski definition) is 2. The quantitative estimate of drug-likeness (QED) is 0.736. The van der Waals surface area contributed by atoms with Gasteiger partial charge in [-0.1, -0.05) is 6.07 Å². The first-order chi connectivity index (χ1) is 9.76. The highest BCUT2D eigenvalue weighted by Crippen LogP contribution is 2.26. The van der Waals surface area contributed by atoms with Gasteiger partial charge >= 0.3 is 0 Å². The van der Waals surface area contributed by atoms with Gasteiger partial charge in [-0.2, -0.15) is 0 Å². The molecule has 0 spiro atoms. The van der Waals surface area contributed by atoms with Crippen LogP contribution in [0.1, 0.15) is 5.56 Å². The second-order valence-electron chi connectivity index (χ2n) is 4.60. The number of H-pyrrole nitrogens is 1. The van der Waals surface area contributed by atoms with Gasteiger partial charge in [-0.15, -0.1) is 0 Å². The minimum absolute atomic E-state index is 0.776. The molecule has 2 N–H and O–H groups in total. The maximum absolute atomic E-state index is 5.23. The highest BCUT2D eigenvalue weighted by molar-refractivity contribution is 9.10. The van der Waals surface area contributed by atoms with Gasteiger partial charge in [0.2, 0.25) is 0 Å². The van der Waals surface area contributed by atoms with Crippen LogP contribution < -0.4 is 10.1 Å². The summed E-state index contributed by atoms with van der Waals surface area (Å²) in [7, 11) is 1.67. The van der Waals surface area contributed by atoms with Crippen LogP contribution in [0.3, 0.4) is 0 Å². The molecule has 0 aliphatic heterocycles. The van der Waals surface area contributed by atoms with E-state index in [0.717, 1.165) is 28.0 Å². The first-order valence-corrected chi connectivity index (χ1v) is 7.19. The van der Waals surface area contributed by atoms with E-state index in [1.54, 1.807) is 7.11 Å². The van der Waals surface area contributed by atoms with E-state index in [2.05, 4.69) is 62.6 Å². The molecule has 0 saturated heterocycles. The van der Waals surface area contributed by atoms with Crippen molar-refractivity contribution in [1.82, 2.24) is 4.98 Å². The fraction of sp³-hybridized carbons (Fsp3) is 0.125. The predicted octanol–water partition coefficient (Wildman–Crippen LogP) is 4.55. The summed E-state index contributed by atoms with van der Waals surface area (Å²) in [6.07, 6.45) is 1.95. The van der Waals surface area contributed by atoms with Gasteiger partial charge < -0.3 is 15.0 Å². The summed E-state index contributed by atoms with van der Waals surface area (Å²) in [6.45, 7) is 0.776. The van der Waals surface area contributed by atoms with Crippen LogP contribution in [-0.2, 0) is 6.54 Å². The number of aromatic amines is 1. The average Bonchev–Trinajstić information content (AvgIpc) is 2.92. The summed E-state index contributed by atoms with van der Waals surface area (Å²) in [5.74, 6) is 0.850. The van der Waals surface area contributed by atoms with Crippen molar-refractivity contribution in [1.29, 1.82) is 0 Å². The molecule has 0 aliphatic rings. The summed E-state index contributed by atoms with van der Waals surface area (Å²) in [5.41, 5.74) is 3.47. The van der Waals surface area contributed by atoms with E-state index in [0.29, 0.717) is 0 Å². The second kappa shape index (κ2) is 5.59. The molecule has 0 amide bonds. The lowest BCUT2D eigenvalue weighted by Gasteiger charge is -2.09. The van der Waals surface area contributed by atoms with E-state index >= 15 is 0 Å². The number of nitrogens with one attached hydrogen (secondary N) is 2. The third-order valence-corrected chi connectivity index (χ3v) is 3.89. The van der Waals surface area contributed by atoms with E-state index in [1.165, 1.54) is 10.9 Å². The largest absolute Gasteiger partial charge is 0.496 e. The van der Waals surface area contributed by atoms with Crippen LogP contribution in [0.25, 0.3) is 10.9 Å². The Labute approximate surface area is 126 Å². The van der Waals surface area contributed by atoms with Crippen LogP contribution in [0.15, 0.2) is 53.1 Å². The Morgan fingerprint density at radius 2 is 2.05 bits per heavy atom. The third kappa shape index (κ3) is 2.65. The standard InChI is InChI=1S/C16H15BrN2O/c1-20-16-5-2-11(8-14(16)17)10-19-13-3-4-15-12(9-13)6-7-18-15/h2-9,18-19H,10H2,1H3. The molecule has 0 radical (unpaired) electrons. The number of benzene rings is 2. The van der Waals surface area contributed by atoms with Gasteiger partial charge in [0, 0.05) is 29.3 Å². The molecule has 0 atom stereocenters. The Morgan fingerprint density at radius 3 is 2.85 bits per heavy atom. The molecule has 0 unspecified atom stereocenters. The van der Waals surface area contributed by atoms with Crippen molar-refractivity contribution in [2.75, 3.05) is 12.4 Å². The molecule has 3 nitrogen and oxygen atoms in total. The number of rotatable bonds is 4. The SMILES string of the molecule is COc1ccc(CNc2ccc3[nH]ccc3c2)cc1Br. The van der Waals surface area contributed by atoms with Gasteiger partial charge in [0.25, 0.3) is 0 Å². The number of hydrogen-bond acceptors (Lipinski definition) is 2. The minimum atomic E-state index is 0.776. The Morgan fingerprint density at radius 1 is 1.15 bits per heavy atom. The molecular weight excluding hydrogens is 316 g/mol. The van der Waals surface area contributed by atoms with Gasteiger partial charge in [0.1, 0.15) is 5.75 Å². The summed E-state index contributed by atoms with van der Waals surface area (Å²) >= 11 is 3.50. The molecule has 3 aromatic rings. The number of anilines is 1. The maximum atomic E-state index is 5.23. The van der Waals surface area contributed by atoms with Crippen molar-refractivity contribution >= 4 is 32.5 Å². The highest BCUT2D eigenvalue weighted by Gasteiger charge is 2.02. The zero-order valence-corrected chi connectivity index (χ0v) is 12.7. The van der Waals surface area contributed by atoms with Crippen molar-refractivity contribution in [3.05, 3.63) is 58.7 Å². The van der Waals surface area contributed by atoms with Gasteiger partial charge in [-0.05, 0) is 57.9 Å². The molecule has 3 rings (SSSR count). The number of aromatic nitrogens is 1. The topological polar surface area (TPSA) is 37.0 Å². The molecule has 2 aromatic carbocycles. The zero-order chi connectivity index (χ0) is 13.9. The number of halogens is 1. The van der Waals surface area contributed by atoms with Crippen LogP contribution >= 0.6 is 15.9 Å². The van der Waals surface area contributed by atoms with Gasteiger partial charge in [0.15, 0.2) is 0 Å². The highest BCUT2D eigenvalue weighted by atomic mass is 79.9. The Kier molecular flexibility index (Phi) is 3.65. The van der Waals surface area contributed by atoms with Crippen LogP contribution in [-0.4, -0.2) is 12.1 Å². The number of methoxy groups -OCH3 is 1. The van der Waals surface area contributed by atoms with Crippen LogP contribution in [0.4, 0.5) is 5.69 Å². The van der Waals surface area contributed by atoms with Gasteiger partial charge in [0.05, 0.1) is 11.6 Å². The molecule has 1 aromatic heterocycles. The molecular formula is C16H15BrN2O. The third-order valence-electron chi connectivity index (χ3n) is 3.27. The summed E-state index contributed by atoms with van der Waals surface area (Å²) in [5, 5.41) is 4.65. The predicted molar refractivity (Wildman–Crippen MR) is 86.3 cm³/mol. The normalized spacial score (nSPS) is 10.7. The van der Waals surface area contributed by atoms with Gasteiger partial charge in [-0.3, -0.25) is 0 Å². The van der Waals surface area contributed by atoms with Crippen molar-refractivity contribution in [3.8, 4) is 5.75 Å². The molecule has 4 heteroatoms. The Bertz CT molecular complexity index is 736.